The monoisotopic (exact) mass is 325 g/mol. The van der Waals surface area contributed by atoms with Crippen LogP contribution in [-0.4, -0.2) is 16.9 Å². The number of pyridine rings is 1. The summed E-state index contributed by atoms with van der Waals surface area (Å²) in [6, 6.07) is 8.11. The van der Waals surface area contributed by atoms with Gasteiger partial charge in [0.15, 0.2) is 0 Å². The second-order valence-electron chi connectivity index (χ2n) is 6.64. The molecule has 24 heavy (non-hydrogen) atoms. The zero-order valence-corrected chi connectivity index (χ0v) is 15.2. The van der Waals surface area contributed by atoms with Crippen molar-refractivity contribution in [2.24, 2.45) is 5.92 Å². The van der Waals surface area contributed by atoms with Crippen molar-refractivity contribution in [3.63, 3.8) is 0 Å². The van der Waals surface area contributed by atoms with Crippen LogP contribution in [0.15, 0.2) is 36.7 Å². The van der Waals surface area contributed by atoms with Crippen molar-refractivity contribution < 1.29 is 4.79 Å². The molecule has 2 aromatic rings. The molecule has 0 saturated carbocycles. The number of benzene rings is 1. The van der Waals surface area contributed by atoms with E-state index in [1.54, 1.807) is 6.20 Å². The summed E-state index contributed by atoms with van der Waals surface area (Å²) in [5, 5.41) is 6.51. The number of aryl methyl sites for hydroxylation is 1. The Labute approximate surface area is 144 Å². The maximum atomic E-state index is 12.6. The molecule has 0 spiro atoms. The number of hydrogen-bond acceptors (Lipinski definition) is 3. The molecule has 1 aromatic heterocycles. The van der Waals surface area contributed by atoms with E-state index < -0.39 is 0 Å². The van der Waals surface area contributed by atoms with Crippen LogP contribution in [-0.2, 0) is 6.54 Å². The Morgan fingerprint density at radius 3 is 2.58 bits per heavy atom. The first-order valence-corrected chi connectivity index (χ1v) is 8.44. The summed E-state index contributed by atoms with van der Waals surface area (Å²) < 4.78 is 0. The minimum Gasteiger partial charge on any atom is -0.382 e. The van der Waals surface area contributed by atoms with E-state index in [1.807, 2.05) is 44.3 Å². The van der Waals surface area contributed by atoms with Gasteiger partial charge in [-0.3, -0.25) is 9.78 Å². The molecule has 1 amide bonds. The van der Waals surface area contributed by atoms with Gasteiger partial charge < -0.3 is 10.6 Å². The van der Waals surface area contributed by atoms with Crippen LogP contribution in [0.1, 0.15) is 47.8 Å². The molecule has 0 fully saturated rings. The van der Waals surface area contributed by atoms with Gasteiger partial charge >= 0.3 is 0 Å². The highest BCUT2D eigenvalue weighted by Gasteiger charge is 2.14. The zero-order chi connectivity index (χ0) is 17.7. The van der Waals surface area contributed by atoms with E-state index in [0.717, 1.165) is 22.4 Å². The highest BCUT2D eigenvalue weighted by molar-refractivity contribution is 5.97. The molecule has 1 atom stereocenters. The lowest BCUT2D eigenvalue weighted by atomic mass is 10.0. The molecule has 4 nitrogen and oxygen atoms in total. The van der Waals surface area contributed by atoms with Crippen LogP contribution in [0.25, 0.3) is 0 Å². The van der Waals surface area contributed by atoms with Crippen molar-refractivity contribution in [3.8, 4) is 0 Å². The number of carbonyl (C=O) groups is 1. The molecule has 0 saturated heterocycles. The lowest BCUT2D eigenvalue weighted by Crippen LogP contribution is -2.25. The second kappa shape index (κ2) is 7.95. The molecule has 1 heterocycles. The van der Waals surface area contributed by atoms with Crippen LogP contribution in [0, 0.1) is 19.8 Å². The molecule has 2 N–H and O–H groups in total. The van der Waals surface area contributed by atoms with Crippen LogP contribution in [0.5, 0.6) is 0 Å². The molecular weight excluding hydrogens is 298 g/mol. The normalized spacial score (nSPS) is 12.1. The Morgan fingerprint density at radius 2 is 1.92 bits per heavy atom. The lowest BCUT2D eigenvalue weighted by molar-refractivity contribution is 0.0950. The van der Waals surface area contributed by atoms with Gasteiger partial charge in [0.2, 0.25) is 0 Å². The minimum absolute atomic E-state index is 0.0513. The van der Waals surface area contributed by atoms with Crippen molar-refractivity contribution in [2.75, 3.05) is 5.32 Å². The first kappa shape index (κ1) is 18.0. The van der Waals surface area contributed by atoms with E-state index in [9.17, 15) is 4.79 Å². The fourth-order valence-corrected chi connectivity index (χ4v) is 2.42. The maximum absolute atomic E-state index is 12.6. The Bertz CT molecular complexity index is 710. The molecule has 1 aromatic carbocycles. The van der Waals surface area contributed by atoms with Gasteiger partial charge in [-0.2, -0.15) is 0 Å². The standard InChI is InChI=1S/C20H27N3O/c1-13(2)16(5)23-19-8-6-7-18(15(19)4)20(24)22-12-17-9-10-21-11-14(17)3/h6-11,13,16,23H,12H2,1-5H3,(H,22,24). The van der Waals surface area contributed by atoms with Gasteiger partial charge in [-0.05, 0) is 61.6 Å². The molecule has 0 aliphatic rings. The number of aromatic nitrogens is 1. The molecule has 0 bridgehead atoms. The van der Waals surface area contributed by atoms with Crippen molar-refractivity contribution >= 4 is 11.6 Å². The fraction of sp³-hybridized carbons (Fsp3) is 0.400. The van der Waals surface area contributed by atoms with E-state index in [1.165, 1.54) is 0 Å². The lowest BCUT2D eigenvalue weighted by Gasteiger charge is -2.21. The van der Waals surface area contributed by atoms with Gasteiger partial charge in [0, 0.05) is 36.2 Å². The van der Waals surface area contributed by atoms with Crippen molar-refractivity contribution in [1.82, 2.24) is 10.3 Å². The van der Waals surface area contributed by atoms with Crippen molar-refractivity contribution in [2.45, 2.75) is 47.2 Å². The third-order valence-corrected chi connectivity index (χ3v) is 4.54. The van der Waals surface area contributed by atoms with Crippen LogP contribution < -0.4 is 10.6 Å². The highest BCUT2D eigenvalue weighted by atomic mass is 16.1. The summed E-state index contributed by atoms with van der Waals surface area (Å²) in [7, 11) is 0. The first-order chi connectivity index (χ1) is 11.4. The van der Waals surface area contributed by atoms with Crippen LogP contribution in [0.2, 0.25) is 0 Å². The number of rotatable bonds is 6. The van der Waals surface area contributed by atoms with Crippen molar-refractivity contribution in [1.29, 1.82) is 0 Å². The van der Waals surface area contributed by atoms with Crippen molar-refractivity contribution in [3.05, 3.63) is 58.9 Å². The Hall–Kier alpha value is -2.36. The van der Waals surface area contributed by atoms with E-state index >= 15 is 0 Å². The molecular formula is C20H27N3O. The summed E-state index contributed by atoms with van der Waals surface area (Å²) in [4.78, 5) is 16.6. The molecule has 0 radical (unpaired) electrons. The van der Waals surface area contributed by atoms with E-state index in [0.29, 0.717) is 24.1 Å². The Morgan fingerprint density at radius 1 is 1.17 bits per heavy atom. The van der Waals surface area contributed by atoms with Gasteiger partial charge in [0.1, 0.15) is 0 Å². The van der Waals surface area contributed by atoms with E-state index in [4.69, 9.17) is 0 Å². The fourth-order valence-electron chi connectivity index (χ4n) is 2.42. The average Bonchev–Trinajstić information content (AvgIpc) is 2.55. The molecule has 1 unspecified atom stereocenters. The predicted molar refractivity (Wildman–Crippen MR) is 99.2 cm³/mol. The van der Waals surface area contributed by atoms with Gasteiger partial charge in [-0.25, -0.2) is 0 Å². The van der Waals surface area contributed by atoms with Gasteiger partial charge in [0.05, 0.1) is 0 Å². The number of nitrogens with one attached hydrogen (secondary N) is 2. The van der Waals surface area contributed by atoms with Crippen LogP contribution in [0.3, 0.4) is 0 Å². The first-order valence-electron chi connectivity index (χ1n) is 8.44. The SMILES string of the molecule is Cc1cnccc1CNC(=O)c1cccc(NC(C)C(C)C)c1C. The molecule has 0 aliphatic carbocycles. The van der Waals surface area contributed by atoms with Gasteiger partial charge in [0.25, 0.3) is 5.91 Å². The zero-order valence-electron chi connectivity index (χ0n) is 15.2. The topological polar surface area (TPSA) is 54.0 Å². The van der Waals surface area contributed by atoms with Crippen LogP contribution in [0.4, 0.5) is 5.69 Å². The number of anilines is 1. The summed E-state index contributed by atoms with van der Waals surface area (Å²) in [5.41, 5.74) is 4.87. The van der Waals surface area contributed by atoms with Gasteiger partial charge in [-0.1, -0.05) is 19.9 Å². The predicted octanol–water partition coefficient (Wildman–Crippen LogP) is 4.08. The van der Waals surface area contributed by atoms with E-state index in [2.05, 4.69) is 36.4 Å². The summed E-state index contributed by atoms with van der Waals surface area (Å²) in [5.74, 6) is 0.473. The molecule has 4 heteroatoms. The Kier molecular flexibility index (Phi) is 5.96. The third-order valence-electron chi connectivity index (χ3n) is 4.54. The minimum atomic E-state index is -0.0513. The summed E-state index contributed by atoms with van der Waals surface area (Å²) >= 11 is 0. The average molecular weight is 325 g/mol. The molecule has 2 rings (SSSR count). The Balaban J connectivity index is 2.11. The largest absolute Gasteiger partial charge is 0.382 e. The summed E-state index contributed by atoms with van der Waals surface area (Å²) in [6.45, 7) is 11.0. The summed E-state index contributed by atoms with van der Waals surface area (Å²) in [6.07, 6.45) is 3.56. The third kappa shape index (κ3) is 4.34. The number of hydrogen-bond donors (Lipinski definition) is 2. The molecule has 128 valence electrons. The van der Waals surface area contributed by atoms with Gasteiger partial charge in [-0.15, -0.1) is 0 Å². The molecule has 0 aliphatic heterocycles. The number of nitrogens with zero attached hydrogens (tertiary/aromatic N) is 1. The number of amides is 1. The number of carbonyl (C=O) groups excluding carboxylic acids is 1. The second-order valence-corrected chi connectivity index (χ2v) is 6.64. The van der Waals surface area contributed by atoms with Crippen LogP contribution >= 0.6 is 0 Å². The smallest absolute Gasteiger partial charge is 0.251 e. The quantitative estimate of drug-likeness (QED) is 0.841. The highest BCUT2D eigenvalue weighted by Crippen LogP contribution is 2.21. The maximum Gasteiger partial charge on any atom is 0.251 e. The van der Waals surface area contributed by atoms with E-state index in [-0.39, 0.29) is 5.91 Å².